The maximum atomic E-state index is 4.23. The van der Waals surface area contributed by atoms with Gasteiger partial charge < -0.3 is 10.2 Å². The molecule has 1 saturated heterocycles. The van der Waals surface area contributed by atoms with Crippen molar-refractivity contribution >= 4 is 5.95 Å². The van der Waals surface area contributed by atoms with Crippen LogP contribution in [0.25, 0.3) is 5.69 Å². The van der Waals surface area contributed by atoms with Crippen molar-refractivity contribution in [1.82, 2.24) is 25.5 Å². The van der Waals surface area contributed by atoms with E-state index < -0.39 is 0 Å². The van der Waals surface area contributed by atoms with E-state index in [1.807, 2.05) is 35.0 Å². The molecule has 1 aliphatic carbocycles. The molecule has 1 aliphatic heterocycles. The van der Waals surface area contributed by atoms with Gasteiger partial charge in [0.05, 0.1) is 5.69 Å². The van der Waals surface area contributed by atoms with Gasteiger partial charge in [-0.1, -0.05) is 23.3 Å². The quantitative estimate of drug-likeness (QED) is 0.909. The largest absolute Gasteiger partial charge is 0.339 e. The summed E-state index contributed by atoms with van der Waals surface area (Å²) in [6.07, 6.45) is 5.15. The number of rotatable bonds is 5. The fourth-order valence-corrected chi connectivity index (χ4v) is 3.05. The second-order valence-corrected chi connectivity index (χ2v) is 6.34. The lowest BCUT2D eigenvalue weighted by Crippen LogP contribution is -2.44. The Morgan fingerprint density at radius 2 is 1.82 bits per heavy atom. The molecule has 4 rings (SSSR count). The van der Waals surface area contributed by atoms with Crippen molar-refractivity contribution < 1.29 is 0 Å². The summed E-state index contributed by atoms with van der Waals surface area (Å²) in [5.41, 5.74) is 1.01. The predicted octanol–water partition coefficient (Wildman–Crippen LogP) is 1.63. The predicted molar refractivity (Wildman–Crippen MR) is 85.1 cm³/mol. The highest BCUT2D eigenvalue weighted by Crippen LogP contribution is 2.28. The third kappa shape index (κ3) is 2.97. The second kappa shape index (κ2) is 6.04. The Morgan fingerprint density at radius 1 is 1.05 bits per heavy atom. The number of piperidine rings is 1. The molecule has 0 atom stereocenters. The molecule has 2 fully saturated rings. The molecule has 2 heterocycles. The van der Waals surface area contributed by atoms with Crippen molar-refractivity contribution in [1.29, 1.82) is 0 Å². The van der Waals surface area contributed by atoms with E-state index in [0.717, 1.165) is 43.5 Å². The van der Waals surface area contributed by atoms with E-state index in [9.17, 15) is 0 Å². The Kier molecular flexibility index (Phi) is 3.76. The van der Waals surface area contributed by atoms with Crippen molar-refractivity contribution in [2.75, 3.05) is 24.5 Å². The van der Waals surface area contributed by atoms with Gasteiger partial charge in [0, 0.05) is 19.1 Å². The molecule has 6 heteroatoms. The van der Waals surface area contributed by atoms with Crippen molar-refractivity contribution in [3.8, 4) is 5.69 Å². The normalized spacial score (nSPS) is 19.5. The van der Waals surface area contributed by atoms with Gasteiger partial charge >= 0.3 is 0 Å². The first-order valence-corrected chi connectivity index (χ1v) is 8.22. The first-order valence-electron chi connectivity index (χ1n) is 8.22. The van der Waals surface area contributed by atoms with E-state index in [2.05, 4.69) is 25.7 Å². The van der Waals surface area contributed by atoms with E-state index in [0.29, 0.717) is 6.04 Å². The van der Waals surface area contributed by atoms with Crippen molar-refractivity contribution in [2.24, 2.45) is 5.92 Å². The molecule has 0 spiro atoms. The smallest absolute Gasteiger partial charge is 0.250 e. The molecule has 2 aliphatic rings. The van der Waals surface area contributed by atoms with E-state index in [1.165, 1.54) is 19.4 Å². The topological polar surface area (TPSA) is 58.9 Å². The van der Waals surface area contributed by atoms with Crippen LogP contribution in [0.5, 0.6) is 0 Å². The molecule has 22 heavy (non-hydrogen) atoms. The Morgan fingerprint density at radius 3 is 2.55 bits per heavy atom. The highest BCUT2D eigenvalue weighted by atomic mass is 15.6. The van der Waals surface area contributed by atoms with Gasteiger partial charge in [0.2, 0.25) is 5.95 Å². The molecule has 6 nitrogen and oxygen atoms in total. The minimum atomic E-state index is 0.651. The minimum Gasteiger partial charge on any atom is -0.339 e. The van der Waals surface area contributed by atoms with E-state index in [4.69, 9.17) is 0 Å². The van der Waals surface area contributed by atoms with Crippen LogP contribution < -0.4 is 10.2 Å². The average molecular weight is 298 g/mol. The van der Waals surface area contributed by atoms with Crippen molar-refractivity contribution in [2.45, 2.75) is 31.7 Å². The van der Waals surface area contributed by atoms with Gasteiger partial charge in [-0.15, -0.1) is 0 Å². The van der Waals surface area contributed by atoms with Crippen LogP contribution in [0.2, 0.25) is 0 Å². The molecular formula is C16H22N6. The zero-order valence-electron chi connectivity index (χ0n) is 12.7. The van der Waals surface area contributed by atoms with Gasteiger partial charge in [-0.25, -0.2) is 0 Å². The molecule has 0 unspecified atom stereocenters. The third-order valence-electron chi connectivity index (χ3n) is 4.62. The van der Waals surface area contributed by atoms with Gasteiger partial charge in [-0.3, -0.25) is 0 Å². The van der Waals surface area contributed by atoms with Crippen molar-refractivity contribution in [3.05, 3.63) is 30.3 Å². The van der Waals surface area contributed by atoms with Crippen LogP contribution in [0.1, 0.15) is 25.7 Å². The molecule has 116 valence electrons. The van der Waals surface area contributed by atoms with Crippen LogP contribution in [-0.4, -0.2) is 45.9 Å². The molecule has 0 amide bonds. The fraction of sp³-hybridized carbons (Fsp3) is 0.562. The standard InChI is InChI=1S/C16H22N6/c1-2-4-15(5-3-1)22-16(18-19-20-22)21-10-8-14(9-11-21)17-12-13-6-7-13/h1-5,13-14,17H,6-12H2. The number of hydrogen-bond acceptors (Lipinski definition) is 5. The van der Waals surface area contributed by atoms with Crippen LogP contribution in [0, 0.1) is 5.92 Å². The summed E-state index contributed by atoms with van der Waals surface area (Å²) in [7, 11) is 0. The number of para-hydroxylation sites is 1. The Hall–Kier alpha value is -1.95. The summed E-state index contributed by atoms with van der Waals surface area (Å²) < 4.78 is 1.83. The number of benzene rings is 1. The van der Waals surface area contributed by atoms with E-state index in [1.54, 1.807) is 0 Å². The first kappa shape index (κ1) is 13.7. The third-order valence-corrected chi connectivity index (χ3v) is 4.62. The Balaban J connectivity index is 1.40. The molecule has 2 aromatic rings. The Bertz CT molecular complexity index is 598. The monoisotopic (exact) mass is 298 g/mol. The fourth-order valence-electron chi connectivity index (χ4n) is 3.05. The summed E-state index contributed by atoms with van der Waals surface area (Å²) in [5, 5.41) is 16.0. The molecule has 1 N–H and O–H groups in total. The lowest BCUT2D eigenvalue weighted by atomic mass is 10.1. The lowest BCUT2D eigenvalue weighted by Gasteiger charge is -2.32. The van der Waals surface area contributed by atoms with Gasteiger partial charge in [-0.2, -0.15) is 4.68 Å². The van der Waals surface area contributed by atoms with Crippen LogP contribution >= 0.6 is 0 Å². The highest BCUT2D eigenvalue weighted by Gasteiger charge is 2.26. The van der Waals surface area contributed by atoms with E-state index >= 15 is 0 Å². The first-order chi connectivity index (χ1) is 10.9. The lowest BCUT2D eigenvalue weighted by molar-refractivity contribution is 0.405. The maximum absolute atomic E-state index is 4.23. The highest BCUT2D eigenvalue weighted by molar-refractivity contribution is 5.40. The van der Waals surface area contributed by atoms with Crippen molar-refractivity contribution in [3.63, 3.8) is 0 Å². The number of tetrazole rings is 1. The summed E-state index contributed by atoms with van der Waals surface area (Å²) in [4.78, 5) is 2.29. The summed E-state index contributed by atoms with van der Waals surface area (Å²) in [5.74, 6) is 1.80. The van der Waals surface area contributed by atoms with E-state index in [-0.39, 0.29) is 0 Å². The van der Waals surface area contributed by atoms with Gasteiger partial charge in [-0.05, 0) is 60.7 Å². The van der Waals surface area contributed by atoms with Crippen LogP contribution in [0.3, 0.4) is 0 Å². The summed E-state index contributed by atoms with van der Waals surface area (Å²) in [6, 6.07) is 10.7. The summed E-state index contributed by atoms with van der Waals surface area (Å²) >= 11 is 0. The minimum absolute atomic E-state index is 0.651. The molecule has 1 aromatic heterocycles. The summed E-state index contributed by atoms with van der Waals surface area (Å²) in [6.45, 7) is 3.22. The molecular weight excluding hydrogens is 276 g/mol. The van der Waals surface area contributed by atoms with Gasteiger partial charge in [0.1, 0.15) is 0 Å². The van der Waals surface area contributed by atoms with Gasteiger partial charge in [0.25, 0.3) is 0 Å². The molecule has 0 bridgehead atoms. The second-order valence-electron chi connectivity index (χ2n) is 6.34. The van der Waals surface area contributed by atoms with Gasteiger partial charge in [0.15, 0.2) is 0 Å². The number of anilines is 1. The number of hydrogen-bond donors (Lipinski definition) is 1. The number of nitrogens with zero attached hydrogens (tertiary/aromatic N) is 5. The van der Waals surface area contributed by atoms with Crippen LogP contribution in [0.4, 0.5) is 5.95 Å². The SMILES string of the molecule is c1ccc(-n2nnnc2N2CCC(NCC3CC3)CC2)cc1. The molecule has 1 saturated carbocycles. The van der Waals surface area contributed by atoms with Crippen LogP contribution in [0.15, 0.2) is 30.3 Å². The van der Waals surface area contributed by atoms with Crippen LogP contribution in [-0.2, 0) is 0 Å². The number of aromatic nitrogens is 4. The average Bonchev–Trinajstić information content (AvgIpc) is 3.28. The molecule has 0 radical (unpaired) electrons. The zero-order chi connectivity index (χ0) is 14.8. The molecule has 1 aromatic carbocycles. The number of nitrogens with one attached hydrogen (secondary N) is 1. The zero-order valence-corrected chi connectivity index (χ0v) is 12.7. The maximum Gasteiger partial charge on any atom is 0.250 e. The Labute approximate surface area is 130 Å².